The maximum atomic E-state index is 11.8. The first-order chi connectivity index (χ1) is 10.7. The van der Waals surface area contributed by atoms with E-state index in [1.165, 1.54) is 0 Å². The third-order valence-corrected chi connectivity index (χ3v) is 3.04. The molecule has 23 heavy (non-hydrogen) atoms. The molecule has 0 rings (SSSR count). The molecule has 0 aliphatic heterocycles. The van der Waals surface area contributed by atoms with Crippen LogP contribution in [0.5, 0.6) is 0 Å². The van der Waals surface area contributed by atoms with E-state index in [0.717, 1.165) is 5.57 Å². The molecule has 1 N–H and O–H groups in total. The standard InChI is InChI=1S/C16H29NO6/c1-7-16(5,6)14(18)20-11-13(4)23-15(19)17-8-9-21-22-10-12(2)3/h13H,2,7-11H2,1,3-6H3,(H,17,19). The molecule has 0 radical (unpaired) electrons. The van der Waals surface area contributed by atoms with Gasteiger partial charge in [0.1, 0.15) is 19.3 Å². The molecule has 0 aromatic rings. The highest BCUT2D eigenvalue weighted by atomic mass is 17.2. The van der Waals surface area contributed by atoms with Crippen LogP contribution in [0.4, 0.5) is 4.79 Å². The summed E-state index contributed by atoms with van der Waals surface area (Å²) in [4.78, 5) is 32.9. The van der Waals surface area contributed by atoms with Crippen molar-refractivity contribution in [3.63, 3.8) is 0 Å². The Bertz CT molecular complexity index is 394. The van der Waals surface area contributed by atoms with E-state index in [1.54, 1.807) is 6.92 Å². The Morgan fingerprint density at radius 3 is 2.48 bits per heavy atom. The zero-order valence-electron chi connectivity index (χ0n) is 14.8. The fourth-order valence-corrected chi connectivity index (χ4v) is 1.19. The van der Waals surface area contributed by atoms with E-state index in [0.29, 0.717) is 13.0 Å². The number of hydrogen-bond donors (Lipinski definition) is 1. The molecule has 0 saturated heterocycles. The first-order valence-electron chi connectivity index (χ1n) is 7.69. The lowest BCUT2D eigenvalue weighted by atomic mass is 9.91. The molecule has 0 saturated carbocycles. The van der Waals surface area contributed by atoms with E-state index in [2.05, 4.69) is 11.9 Å². The number of ether oxygens (including phenoxy) is 2. The molecule has 0 bridgehead atoms. The van der Waals surface area contributed by atoms with Gasteiger partial charge in [-0.1, -0.05) is 19.1 Å². The van der Waals surface area contributed by atoms with Gasteiger partial charge in [0.05, 0.1) is 12.0 Å². The van der Waals surface area contributed by atoms with Crippen LogP contribution in [-0.4, -0.2) is 44.5 Å². The van der Waals surface area contributed by atoms with Crippen molar-refractivity contribution in [2.75, 3.05) is 26.4 Å². The van der Waals surface area contributed by atoms with Crippen LogP contribution >= 0.6 is 0 Å². The Balaban J connectivity index is 3.77. The predicted octanol–water partition coefficient (Wildman–Crippen LogP) is 2.60. The average molecular weight is 331 g/mol. The monoisotopic (exact) mass is 331 g/mol. The van der Waals surface area contributed by atoms with Crippen molar-refractivity contribution in [3.8, 4) is 0 Å². The maximum Gasteiger partial charge on any atom is 0.407 e. The minimum Gasteiger partial charge on any atom is -0.461 e. The second-order valence-electron chi connectivity index (χ2n) is 6.02. The predicted molar refractivity (Wildman–Crippen MR) is 85.7 cm³/mol. The normalized spacial score (nSPS) is 12.4. The molecular formula is C16H29NO6. The van der Waals surface area contributed by atoms with Gasteiger partial charge in [-0.3, -0.25) is 4.79 Å². The van der Waals surface area contributed by atoms with Crippen LogP contribution in [0.25, 0.3) is 0 Å². The molecule has 0 fully saturated rings. The first kappa shape index (κ1) is 21.4. The molecule has 1 atom stereocenters. The summed E-state index contributed by atoms with van der Waals surface area (Å²) >= 11 is 0. The van der Waals surface area contributed by atoms with Crippen molar-refractivity contribution < 1.29 is 28.8 Å². The Morgan fingerprint density at radius 1 is 1.26 bits per heavy atom. The summed E-state index contributed by atoms with van der Waals surface area (Å²) in [6.45, 7) is 13.4. The van der Waals surface area contributed by atoms with Gasteiger partial charge in [-0.05, 0) is 34.1 Å². The number of rotatable bonds is 11. The van der Waals surface area contributed by atoms with Crippen LogP contribution in [0.2, 0.25) is 0 Å². The largest absolute Gasteiger partial charge is 0.461 e. The molecule has 0 spiro atoms. The Morgan fingerprint density at radius 2 is 1.91 bits per heavy atom. The molecule has 1 amide bonds. The Kier molecular flexibility index (Phi) is 10.2. The number of carbonyl (C=O) groups excluding carboxylic acids is 2. The molecule has 0 aromatic carbocycles. The van der Waals surface area contributed by atoms with E-state index >= 15 is 0 Å². The van der Waals surface area contributed by atoms with E-state index < -0.39 is 17.6 Å². The lowest BCUT2D eigenvalue weighted by Gasteiger charge is -2.22. The van der Waals surface area contributed by atoms with Gasteiger partial charge in [-0.2, -0.15) is 0 Å². The topological polar surface area (TPSA) is 83.1 Å². The molecule has 0 aliphatic rings. The lowest BCUT2D eigenvalue weighted by molar-refractivity contribution is -0.286. The van der Waals surface area contributed by atoms with Crippen molar-refractivity contribution >= 4 is 12.1 Å². The van der Waals surface area contributed by atoms with Gasteiger partial charge in [0.25, 0.3) is 0 Å². The minimum atomic E-state index is -0.605. The zero-order chi connectivity index (χ0) is 17.9. The SMILES string of the molecule is C=C(C)COOCCNC(=O)OC(C)COC(=O)C(C)(C)CC. The van der Waals surface area contributed by atoms with Crippen molar-refractivity contribution in [3.05, 3.63) is 12.2 Å². The highest BCUT2D eigenvalue weighted by Crippen LogP contribution is 2.21. The van der Waals surface area contributed by atoms with Crippen LogP contribution in [0.15, 0.2) is 12.2 Å². The van der Waals surface area contributed by atoms with Crippen LogP contribution < -0.4 is 5.32 Å². The smallest absolute Gasteiger partial charge is 0.407 e. The van der Waals surface area contributed by atoms with Gasteiger partial charge in [-0.25, -0.2) is 14.6 Å². The Labute approximate surface area is 138 Å². The number of hydrogen-bond acceptors (Lipinski definition) is 6. The van der Waals surface area contributed by atoms with Gasteiger partial charge in [0.2, 0.25) is 0 Å². The van der Waals surface area contributed by atoms with Crippen LogP contribution in [0.1, 0.15) is 41.0 Å². The summed E-state index contributed by atoms with van der Waals surface area (Å²) in [5.74, 6) is -0.307. The number of alkyl carbamates (subject to hydrolysis) is 1. The number of carbonyl (C=O) groups is 2. The van der Waals surface area contributed by atoms with Crippen LogP contribution in [-0.2, 0) is 24.0 Å². The van der Waals surface area contributed by atoms with Crippen molar-refractivity contribution in [2.45, 2.75) is 47.1 Å². The number of esters is 1. The quantitative estimate of drug-likeness (QED) is 0.206. The van der Waals surface area contributed by atoms with E-state index in [4.69, 9.17) is 19.2 Å². The molecule has 134 valence electrons. The molecule has 0 aliphatic carbocycles. The summed E-state index contributed by atoms with van der Waals surface area (Å²) in [6, 6.07) is 0. The first-order valence-corrected chi connectivity index (χ1v) is 7.69. The third-order valence-electron chi connectivity index (χ3n) is 3.04. The van der Waals surface area contributed by atoms with Gasteiger partial charge in [0.15, 0.2) is 0 Å². The summed E-state index contributed by atoms with van der Waals surface area (Å²) in [5.41, 5.74) is 0.301. The van der Waals surface area contributed by atoms with Gasteiger partial charge in [0, 0.05) is 6.54 Å². The maximum absolute atomic E-state index is 11.8. The van der Waals surface area contributed by atoms with Crippen molar-refractivity contribution in [1.82, 2.24) is 5.32 Å². The summed E-state index contributed by atoms with van der Waals surface area (Å²) in [5, 5.41) is 2.50. The Hall–Kier alpha value is -1.60. The second kappa shape index (κ2) is 11.0. The summed E-state index contributed by atoms with van der Waals surface area (Å²) < 4.78 is 10.2. The zero-order valence-corrected chi connectivity index (χ0v) is 14.8. The fraction of sp³-hybridized carbons (Fsp3) is 0.750. The summed E-state index contributed by atoms with van der Waals surface area (Å²) in [6.07, 6.45) is -0.464. The van der Waals surface area contributed by atoms with E-state index in [1.807, 2.05) is 27.7 Å². The van der Waals surface area contributed by atoms with Gasteiger partial charge in [-0.15, -0.1) is 0 Å². The van der Waals surface area contributed by atoms with Crippen LogP contribution in [0, 0.1) is 5.41 Å². The molecule has 0 aromatic heterocycles. The van der Waals surface area contributed by atoms with Crippen LogP contribution in [0.3, 0.4) is 0 Å². The highest BCUT2D eigenvalue weighted by Gasteiger charge is 2.27. The molecule has 1 unspecified atom stereocenters. The summed E-state index contributed by atoms with van der Waals surface area (Å²) in [7, 11) is 0. The lowest BCUT2D eigenvalue weighted by Crippen LogP contribution is -2.34. The molecule has 0 heterocycles. The average Bonchev–Trinajstić information content (AvgIpc) is 2.47. The third kappa shape index (κ3) is 10.7. The van der Waals surface area contributed by atoms with Gasteiger partial charge >= 0.3 is 12.1 Å². The van der Waals surface area contributed by atoms with E-state index in [9.17, 15) is 9.59 Å². The highest BCUT2D eigenvalue weighted by molar-refractivity contribution is 5.75. The molecule has 7 heteroatoms. The minimum absolute atomic E-state index is 0.0217. The fourth-order valence-electron chi connectivity index (χ4n) is 1.19. The van der Waals surface area contributed by atoms with Crippen molar-refractivity contribution in [1.29, 1.82) is 0 Å². The van der Waals surface area contributed by atoms with Gasteiger partial charge < -0.3 is 14.8 Å². The molecular weight excluding hydrogens is 302 g/mol. The van der Waals surface area contributed by atoms with Crippen molar-refractivity contribution in [2.24, 2.45) is 5.41 Å². The molecule has 7 nitrogen and oxygen atoms in total. The second-order valence-corrected chi connectivity index (χ2v) is 6.02. The number of nitrogens with one attached hydrogen (secondary N) is 1. The number of amides is 1. The van der Waals surface area contributed by atoms with E-state index in [-0.39, 0.29) is 25.7 Å².